The number of halogens is 3. The van der Waals surface area contributed by atoms with Gasteiger partial charge in [-0.15, -0.1) is 11.3 Å². The highest BCUT2D eigenvalue weighted by atomic mass is 32.1. The van der Waals surface area contributed by atoms with Gasteiger partial charge in [-0.1, -0.05) is 13.8 Å². The summed E-state index contributed by atoms with van der Waals surface area (Å²) < 4.78 is 40.0. The molecule has 0 fully saturated rings. The van der Waals surface area contributed by atoms with Crippen LogP contribution in [0.3, 0.4) is 0 Å². The number of rotatable bonds is 3. The van der Waals surface area contributed by atoms with Crippen molar-refractivity contribution in [2.75, 3.05) is 0 Å². The maximum absolute atomic E-state index is 13.6. The Morgan fingerprint density at radius 2 is 1.68 bits per heavy atom. The molecule has 100 valence electrons. The van der Waals surface area contributed by atoms with E-state index < -0.39 is 17.5 Å². The highest BCUT2D eigenvalue weighted by Crippen LogP contribution is 2.33. The Morgan fingerprint density at radius 1 is 1.11 bits per heavy atom. The molecule has 0 aliphatic heterocycles. The molecule has 0 amide bonds. The van der Waals surface area contributed by atoms with Gasteiger partial charge in [0.05, 0.1) is 10.4 Å². The quantitative estimate of drug-likeness (QED) is 0.748. The molecule has 19 heavy (non-hydrogen) atoms. The van der Waals surface area contributed by atoms with E-state index in [1.807, 2.05) is 0 Å². The van der Waals surface area contributed by atoms with Gasteiger partial charge < -0.3 is 0 Å². The Labute approximate surface area is 112 Å². The maximum Gasteiger partial charge on any atom is 0.175 e. The molecule has 1 aromatic carbocycles. The smallest absolute Gasteiger partial charge is 0.175 e. The van der Waals surface area contributed by atoms with Crippen LogP contribution in [-0.4, -0.2) is 5.78 Å². The van der Waals surface area contributed by atoms with Crippen LogP contribution < -0.4 is 0 Å². The summed E-state index contributed by atoms with van der Waals surface area (Å²) in [6, 6.07) is 4.26. The van der Waals surface area contributed by atoms with Gasteiger partial charge in [-0.25, -0.2) is 13.2 Å². The number of ketones is 1. The van der Waals surface area contributed by atoms with Crippen LogP contribution in [0.15, 0.2) is 24.3 Å². The summed E-state index contributed by atoms with van der Waals surface area (Å²) in [5.74, 6) is -3.17. The Hall–Kier alpha value is -1.62. The average molecular weight is 284 g/mol. The van der Waals surface area contributed by atoms with Gasteiger partial charge in [-0.3, -0.25) is 4.79 Å². The van der Waals surface area contributed by atoms with Crippen LogP contribution in [0.5, 0.6) is 0 Å². The van der Waals surface area contributed by atoms with Gasteiger partial charge in [-0.05, 0) is 12.1 Å². The predicted octanol–water partition coefficient (Wildman–Crippen LogP) is 4.67. The summed E-state index contributed by atoms with van der Waals surface area (Å²) in [6.07, 6.45) is 0. The number of Topliss-reactive ketones (excluding diaryl/α,β-unsaturated/α-hetero) is 1. The number of hydrogen-bond acceptors (Lipinski definition) is 2. The molecule has 0 aliphatic carbocycles. The molecule has 0 N–H and O–H groups in total. The largest absolute Gasteiger partial charge is 0.293 e. The van der Waals surface area contributed by atoms with E-state index in [9.17, 15) is 18.0 Å². The second-order valence-corrected chi connectivity index (χ2v) is 5.51. The third kappa shape index (κ3) is 2.71. The van der Waals surface area contributed by atoms with Gasteiger partial charge in [-0.2, -0.15) is 0 Å². The van der Waals surface area contributed by atoms with Crippen molar-refractivity contribution in [3.05, 3.63) is 46.6 Å². The summed E-state index contributed by atoms with van der Waals surface area (Å²) >= 11 is 1.00. The Kier molecular flexibility index (Phi) is 3.75. The molecule has 0 saturated heterocycles. The maximum atomic E-state index is 13.6. The first-order valence-corrected chi connectivity index (χ1v) is 6.50. The van der Waals surface area contributed by atoms with E-state index in [-0.39, 0.29) is 22.1 Å². The minimum atomic E-state index is -0.970. The van der Waals surface area contributed by atoms with Crippen molar-refractivity contribution in [3.8, 4) is 10.4 Å². The zero-order chi connectivity index (χ0) is 14.2. The van der Waals surface area contributed by atoms with E-state index in [0.29, 0.717) is 17.0 Å². The van der Waals surface area contributed by atoms with Crippen molar-refractivity contribution in [3.63, 3.8) is 0 Å². The summed E-state index contributed by atoms with van der Waals surface area (Å²) in [5.41, 5.74) is -0.297. The standard InChI is InChI=1S/C14H11F3OS/c1-7(2)14(18)12-4-3-11(19-12)13-9(16)5-8(15)6-10(13)17/h3-7H,1-2H3. The number of carbonyl (C=O) groups is 1. The van der Waals surface area contributed by atoms with E-state index in [0.717, 1.165) is 11.3 Å². The lowest BCUT2D eigenvalue weighted by atomic mass is 10.1. The van der Waals surface area contributed by atoms with E-state index in [2.05, 4.69) is 0 Å². The van der Waals surface area contributed by atoms with E-state index >= 15 is 0 Å². The van der Waals surface area contributed by atoms with Crippen molar-refractivity contribution < 1.29 is 18.0 Å². The third-order valence-corrected chi connectivity index (χ3v) is 3.74. The first kappa shape index (κ1) is 13.8. The zero-order valence-corrected chi connectivity index (χ0v) is 11.2. The van der Waals surface area contributed by atoms with Gasteiger partial charge >= 0.3 is 0 Å². The molecule has 0 saturated carbocycles. The molecule has 0 atom stereocenters. The third-order valence-electron chi connectivity index (χ3n) is 2.63. The van der Waals surface area contributed by atoms with Crippen LogP contribution in [0.4, 0.5) is 13.2 Å². The molecule has 0 radical (unpaired) electrons. The Morgan fingerprint density at radius 3 is 2.21 bits per heavy atom. The van der Waals surface area contributed by atoms with Crippen molar-refractivity contribution in [1.29, 1.82) is 0 Å². The Balaban J connectivity index is 2.47. The van der Waals surface area contributed by atoms with Crippen molar-refractivity contribution in [1.82, 2.24) is 0 Å². The van der Waals surface area contributed by atoms with E-state index in [1.165, 1.54) is 12.1 Å². The molecule has 1 aromatic heterocycles. The fourth-order valence-electron chi connectivity index (χ4n) is 1.67. The molecular formula is C14H11F3OS. The molecule has 0 unspecified atom stereocenters. The lowest BCUT2D eigenvalue weighted by Gasteiger charge is -2.03. The van der Waals surface area contributed by atoms with Gasteiger partial charge in [0, 0.05) is 22.9 Å². The SMILES string of the molecule is CC(C)C(=O)c1ccc(-c2c(F)cc(F)cc2F)s1. The zero-order valence-electron chi connectivity index (χ0n) is 10.3. The van der Waals surface area contributed by atoms with Crippen LogP contribution >= 0.6 is 11.3 Å². The first-order valence-electron chi connectivity index (χ1n) is 5.69. The molecule has 1 nitrogen and oxygen atoms in total. The van der Waals surface area contributed by atoms with Crippen LogP contribution in [-0.2, 0) is 0 Å². The minimum Gasteiger partial charge on any atom is -0.293 e. The van der Waals surface area contributed by atoms with Gasteiger partial charge in [0.1, 0.15) is 17.5 Å². The molecule has 0 aliphatic rings. The van der Waals surface area contributed by atoms with Crippen molar-refractivity contribution in [2.24, 2.45) is 5.92 Å². The molecular weight excluding hydrogens is 273 g/mol. The average Bonchev–Trinajstić information content (AvgIpc) is 2.75. The van der Waals surface area contributed by atoms with Crippen molar-refractivity contribution >= 4 is 17.1 Å². The summed E-state index contributed by atoms with van der Waals surface area (Å²) in [5, 5.41) is 0. The number of carbonyl (C=O) groups excluding carboxylic acids is 1. The highest BCUT2D eigenvalue weighted by Gasteiger charge is 2.18. The molecule has 2 rings (SSSR count). The normalized spacial score (nSPS) is 11.1. The fourth-order valence-corrected chi connectivity index (χ4v) is 2.81. The molecule has 5 heteroatoms. The monoisotopic (exact) mass is 284 g/mol. The fraction of sp³-hybridized carbons (Fsp3) is 0.214. The molecule has 1 heterocycles. The molecule has 0 bridgehead atoms. The molecule has 0 spiro atoms. The van der Waals surface area contributed by atoms with Gasteiger partial charge in [0.15, 0.2) is 5.78 Å². The lowest BCUT2D eigenvalue weighted by Crippen LogP contribution is -2.04. The minimum absolute atomic E-state index is 0.0841. The summed E-state index contributed by atoms with van der Waals surface area (Å²) in [7, 11) is 0. The summed E-state index contributed by atoms with van der Waals surface area (Å²) in [6.45, 7) is 3.50. The van der Waals surface area contributed by atoms with E-state index in [1.54, 1.807) is 13.8 Å². The second kappa shape index (κ2) is 5.17. The highest BCUT2D eigenvalue weighted by molar-refractivity contribution is 7.17. The van der Waals surface area contributed by atoms with Gasteiger partial charge in [0.2, 0.25) is 0 Å². The predicted molar refractivity (Wildman–Crippen MR) is 68.8 cm³/mol. The number of thiophene rings is 1. The van der Waals surface area contributed by atoms with Crippen molar-refractivity contribution in [2.45, 2.75) is 13.8 Å². The van der Waals surface area contributed by atoms with Crippen LogP contribution in [0.1, 0.15) is 23.5 Å². The van der Waals surface area contributed by atoms with Gasteiger partial charge in [0.25, 0.3) is 0 Å². The van der Waals surface area contributed by atoms with Crippen LogP contribution in [0.25, 0.3) is 10.4 Å². The second-order valence-electron chi connectivity index (χ2n) is 4.43. The number of benzene rings is 1. The topological polar surface area (TPSA) is 17.1 Å². The van der Waals surface area contributed by atoms with Crippen LogP contribution in [0.2, 0.25) is 0 Å². The van der Waals surface area contributed by atoms with Crippen LogP contribution in [0, 0.1) is 23.4 Å². The molecule has 2 aromatic rings. The van der Waals surface area contributed by atoms with E-state index in [4.69, 9.17) is 0 Å². The number of hydrogen-bond donors (Lipinski definition) is 0. The first-order chi connectivity index (χ1) is 8.90. The Bertz CT molecular complexity index is 608. The summed E-state index contributed by atoms with van der Waals surface area (Å²) in [4.78, 5) is 12.5. The lowest BCUT2D eigenvalue weighted by molar-refractivity contribution is 0.0943.